The van der Waals surface area contributed by atoms with Gasteiger partial charge in [0, 0.05) is 17.2 Å². The van der Waals surface area contributed by atoms with E-state index in [2.05, 4.69) is 10.5 Å². The van der Waals surface area contributed by atoms with E-state index in [0.717, 1.165) is 5.56 Å². The van der Waals surface area contributed by atoms with Gasteiger partial charge in [0.2, 0.25) is 5.88 Å². The molecule has 3 rings (SSSR count). The highest BCUT2D eigenvalue weighted by atomic mass is 19.1. The lowest BCUT2D eigenvalue weighted by Crippen LogP contribution is -2.11. The highest BCUT2D eigenvalue weighted by Crippen LogP contribution is 2.22. The van der Waals surface area contributed by atoms with E-state index in [4.69, 9.17) is 4.52 Å². The molecular weight excluding hydrogens is 283 g/mol. The first-order valence-corrected chi connectivity index (χ1v) is 6.72. The fourth-order valence-corrected chi connectivity index (χ4v) is 1.98. The summed E-state index contributed by atoms with van der Waals surface area (Å²) in [5.41, 5.74) is 2.85. The second-order valence-electron chi connectivity index (χ2n) is 4.90. The highest BCUT2D eigenvalue weighted by molar-refractivity contribution is 6.03. The maximum Gasteiger partial charge on any atom is 0.258 e. The standard InChI is InChI=1S/C17H13FN2O2/c1-11-2-4-13(5-3-11)17(21)19-16-10-15(20-22-16)12-6-8-14(18)9-7-12/h2-10H,1H3,(H,19,21). The number of rotatable bonds is 3. The van der Waals surface area contributed by atoms with Crippen LogP contribution < -0.4 is 5.32 Å². The molecule has 22 heavy (non-hydrogen) atoms. The third kappa shape index (κ3) is 3.03. The van der Waals surface area contributed by atoms with E-state index in [1.54, 1.807) is 30.3 Å². The van der Waals surface area contributed by atoms with Gasteiger partial charge in [-0.1, -0.05) is 22.9 Å². The zero-order valence-electron chi connectivity index (χ0n) is 11.8. The van der Waals surface area contributed by atoms with Crippen LogP contribution in [0.15, 0.2) is 59.1 Å². The maximum atomic E-state index is 12.9. The van der Waals surface area contributed by atoms with E-state index in [1.807, 2.05) is 19.1 Å². The van der Waals surface area contributed by atoms with Gasteiger partial charge in [-0.2, -0.15) is 0 Å². The van der Waals surface area contributed by atoms with Gasteiger partial charge in [0.05, 0.1) is 0 Å². The van der Waals surface area contributed by atoms with Crippen LogP contribution in [-0.4, -0.2) is 11.1 Å². The molecule has 0 aliphatic carbocycles. The first kappa shape index (κ1) is 14.0. The fourth-order valence-electron chi connectivity index (χ4n) is 1.98. The first-order valence-electron chi connectivity index (χ1n) is 6.72. The summed E-state index contributed by atoms with van der Waals surface area (Å²) < 4.78 is 18.0. The summed E-state index contributed by atoms with van der Waals surface area (Å²) in [6.45, 7) is 1.95. The molecule has 0 radical (unpaired) electrons. The van der Waals surface area contributed by atoms with Crippen molar-refractivity contribution in [2.24, 2.45) is 0 Å². The average molecular weight is 296 g/mol. The number of hydrogen-bond acceptors (Lipinski definition) is 3. The molecule has 0 fully saturated rings. The summed E-state index contributed by atoms with van der Waals surface area (Å²) in [4.78, 5) is 12.1. The molecule has 1 aromatic heterocycles. The Kier molecular flexibility index (Phi) is 3.70. The Morgan fingerprint density at radius 3 is 2.45 bits per heavy atom. The number of benzene rings is 2. The van der Waals surface area contributed by atoms with Gasteiger partial charge >= 0.3 is 0 Å². The minimum Gasteiger partial charge on any atom is -0.338 e. The van der Waals surface area contributed by atoms with E-state index >= 15 is 0 Å². The van der Waals surface area contributed by atoms with Crippen LogP contribution in [0.3, 0.4) is 0 Å². The Hall–Kier alpha value is -2.95. The SMILES string of the molecule is Cc1ccc(C(=O)Nc2cc(-c3ccc(F)cc3)no2)cc1. The third-order valence-corrected chi connectivity index (χ3v) is 3.20. The molecule has 110 valence electrons. The molecule has 0 spiro atoms. The summed E-state index contributed by atoms with van der Waals surface area (Å²) in [6.07, 6.45) is 0. The van der Waals surface area contributed by atoms with Crippen LogP contribution in [0.4, 0.5) is 10.3 Å². The second-order valence-corrected chi connectivity index (χ2v) is 4.90. The van der Waals surface area contributed by atoms with Crippen molar-refractivity contribution in [3.05, 3.63) is 71.5 Å². The molecule has 0 aliphatic rings. The molecule has 0 saturated carbocycles. The lowest BCUT2D eigenvalue weighted by Gasteiger charge is -2.01. The Labute approximate surface area is 126 Å². The van der Waals surface area contributed by atoms with Gasteiger partial charge in [0.25, 0.3) is 5.91 Å². The number of anilines is 1. The molecule has 1 amide bonds. The van der Waals surface area contributed by atoms with Crippen molar-refractivity contribution in [1.82, 2.24) is 5.16 Å². The molecule has 5 heteroatoms. The van der Waals surface area contributed by atoms with Crippen molar-refractivity contribution < 1.29 is 13.7 Å². The highest BCUT2D eigenvalue weighted by Gasteiger charge is 2.11. The monoisotopic (exact) mass is 296 g/mol. The number of amides is 1. The van der Waals surface area contributed by atoms with Gasteiger partial charge in [-0.25, -0.2) is 4.39 Å². The number of aromatic nitrogens is 1. The molecule has 3 aromatic rings. The molecule has 0 atom stereocenters. The summed E-state index contributed by atoms with van der Waals surface area (Å²) in [5.74, 6) is -0.355. The molecule has 0 bridgehead atoms. The van der Waals surface area contributed by atoms with E-state index < -0.39 is 0 Å². The number of carbonyl (C=O) groups excluding carboxylic acids is 1. The fraction of sp³-hybridized carbons (Fsp3) is 0.0588. The predicted octanol–water partition coefficient (Wildman–Crippen LogP) is 4.04. The van der Waals surface area contributed by atoms with Crippen LogP contribution in [0.5, 0.6) is 0 Å². The molecule has 1 N–H and O–H groups in total. The maximum absolute atomic E-state index is 12.9. The minimum atomic E-state index is -0.319. The van der Waals surface area contributed by atoms with E-state index in [9.17, 15) is 9.18 Å². The van der Waals surface area contributed by atoms with E-state index in [1.165, 1.54) is 12.1 Å². The van der Waals surface area contributed by atoms with Gasteiger partial charge in [0.1, 0.15) is 11.5 Å². The number of carbonyl (C=O) groups is 1. The average Bonchev–Trinajstić information content (AvgIpc) is 2.97. The van der Waals surface area contributed by atoms with Crippen molar-refractivity contribution in [3.63, 3.8) is 0 Å². The summed E-state index contributed by atoms with van der Waals surface area (Å²) in [7, 11) is 0. The second kappa shape index (κ2) is 5.81. The van der Waals surface area contributed by atoms with Gasteiger partial charge in [-0.3, -0.25) is 10.1 Å². The quantitative estimate of drug-likeness (QED) is 0.793. The number of aryl methyl sites for hydroxylation is 1. The number of nitrogens with zero attached hydrogens (tertiary/aromatic N) is 1. The zero-order valence-corrected chi connectivity index (χ0v) is 11.8. The van der Waals surface area contributed by atoms with Crippen LogP contribution in [0.25, 0.3) is 11.3 Å². The molecule has 0 unspecified atom stereocenters. The summed E-state index contributed by atoms with van der Waals surface area (Å²) in [5, 5.41) is 6.50. The van der Waals surface area contributed by atoms with Crippen molar-refractivity contribution in [2.45, 2.75) is 6.92 Å². The van der Waals surface area contributed by atoms with Gasteiger partial charge < -0.3 is 4.52 Å². The van der Waals surface area contributed by atoms with Gasteiger partial charge in [0.15, 0.2) is 0 Å². The zero-order chi connectivity index (χ0) is 15.5. The minimum absolute atomic E-state index is 0.241. The van der Waals surface area contributed by atoms with Crippen molar-refractivity contribution in [3.8, 4) is 11.3 Å². The number of hydrogen-bond donors (Lipinski definition) is 1. The Morgan fingerprint density at radius 2 is 1.77 bits per heavy atom. The Morgan fingerprint density at radius 1 is 1.09 bits per heavy atom. The number of nitrogens with one attached hydrogen (secondary N) is 1. The molecule has 0 saturated heterocycles. The van der Waals surface area contributed by atoms with Gasteiger partial charge in [-0.15, -0.1) is 0 Å². The van der Waals surface area contributed by atoms with Crippen molar-refractivity contribution >= 4 is 11.8 Å². The lowest BCUT2D eigenvalue weighted by atomic mass is 10.1. The molecule has 4 nitrogen and oxygen atoms in total. The van der Waals surface area contributed by atoms with Crippen molar-refractivity contribution in [1.29, 1.82) is 0 Å². The van der Waals surface area contributed by atoms with Crippen molar-refractivity contribution in [2.75, 3.05) is 5.32 Å². The van der Waals surface area contributed by atoms with Crippen LogP contribution >= 0.6 is 0 Å². The Balaban J connectivity index is 1.75. The third-order valence-electron chi connectivity index (χ3n) is 3.20. The van der Waals surface area contributed by atoms with Crippen LogP contribution in [-0.2, 0) is 0 Å². The smallest absolute Gasteiger partial charge is 0.258 e. The number of halogens is 1. The molecular formula is C17H13FN2O2. The molecule has 1 heterocycles. The summed E-state index contributed by atoms with van der Waals surface area (Å²) in [6, 6.07) is 14.7. The Bertz CT molecular complexity index is 792. The van der Waals surface area contributed by atoms with Crippen LogP contribution in [0.1, 0.15) is 15.9 Å². The summed E-state index contributed by atoms with van der Waals surface area (Å²) >= 11 is 0. The topological polar surface area (TPSA) is 55.1 Å². The van der Waals surface area contributed by atoms with E-state index in [0.29, 0.717) is 16.8 Å². The largest absolute Gasteiger partial charge is 0.338 e. The van der Waals surface area contributed by atoms with Crippen LogP contribution in [0, 0.1) is 12.7 Å². The molecule has 2 aromatic carbocycles. The van der Waals surface area contributed by atoms with E-state index in [-0.39, 0.29) is 17.6 Å². The molecule has 0 aliphatic heterocycles. The lowest BCUT2D eigenvalue weighted by molar-refractivity contribution is 0.102. The predicted molar refractivity (Wildman–Crippen MR) is 81.0 cm³/mol. The first-order chi connectivity index (χ1) is 10.6. The van der Waals surface area contributed by atoms with Gasteiger partial charge in [-0.05, 0) is 43.3 Å². The normalized spacial score (nSPS) is 10.5. The van der Waals surface area contributed by atoms with Crippen LogP contribution in [0.2, 0.25) is 0 Å².